The molecule has 154 valence electrons. The lowest BCUT2D eigenvalue weighted by atomic mass is 10.2. The third kappa shape index (κ3) is 5.82. The first-order chi connectivity index (χ1) is 14.2. The van der Waals surface area contributed by atoms with Crippen LogP contribution in [0.5, 0.6) is 11.5 Å². The zero-order valence-electron chi connectivity index (χ0n) is 16.0. The van der Waals surface area contributed by atoms with Crippen LogP contribution in [0.4, 0.5) is 11.4 Å². The van der Waals surface area contributed by atoms with Gasteiger partial charge in [-0.3, -0.25) is 14.3 Å². The average Bonchev–Trinajstić information content (AvgIpc) is 2.69. The summed E-state index contributed by atoms with van der Waals surface area (Å²) in [4.78, 5) is 23.5. The smallest absolute Gasteiger partial charge is 0.255 e. The highest BCUT2D eigenvalue weighted by Crippen LogP contribution is 2.22. The summed E-state index contributed by atoms with van der Waals surface area (Å²) in [5.41, 5.74) is 6.93. The van der Waals surface area contributed by atoms with Crippen LogP contribution >= 0.6 is 0 Å². The second-order valence-electron chi connectivity index (χ2n) is 6.42. The summed E-state index contributed by atoms with van der Waals surface area (Å²) in [6, 6.07) is 19.2. The number of amides is 2. The molecule has 30 heavy (non-hydrogen) atoms. The summed E-state index contributed by atoms with van der Waals surface area (Å²) >= 11 is 0. The highest BCUT2D eigenvalue weighted by atomic mass is 32.2. The molecule has 0 saturated carbocycles. The summed E-state index contributed by atoms with van der Waals surface area (Å²) < 4.78 is 30.5. The fourth-order valence-electron chi connectivity index (χ4n) is 2.54. The van der Waals surface area contributed by atoms with Crippen LogP contribution in [-0.4, -0.2) is 26.5 Å². The molecule has 9 heteroatoms. The van der Waals surface area contributed by atoms with Crippen LogP contribution in [0, 0.1) is 0 Å². The average molecular weight is 425 g/mol. The fraction of sp³-hybridized carbons (Fsp3) is 0.0476. The van der Waals surface area contributed by atoms with Crippen molar-refractivity contribution in [2.75, 3.05) is 16.3 Å². The SMILES string of the molecule is CS(=O)(=O)Nc1ccc(NC(=O)c2ccc(Oc3ccc(C(N)=O)cc3)cc2)cc1. The Morgan fingerprint density at radius 1 is 0.767 bits per heavy atom. The molecule has 0 aliphatic carbocycles. The van der Waals surface area contributed by atoms with Crippen LogP contribution in [0.1, 0.15) is 20.7 Å². The molecule has 3 aromatic rings. The molecule has 0 saturated heterocycles. The van der Waals surface area contributed by atoms with Crippen LogP contribution in [-0.2, 0) is 10.0 Å². The third-order valence-electron chi connectivity index (χ3n) is 3.94. The van der Waals surface area contributed by atoms with E-state index < -0.39 is 15.9 Å². The maximum atomic E-state index is 12.4. The molecule has 0 aliphatic rings. The van der Waals surface area contributed by atoms with Crippen molar-refractivity contribution in [2.45, 2.75) is 0 Å². The maximum absolute atomic E-state index is 12.4. The number of ether oxygens (including phenoxy) is 1. The summed E-state index contributed by atoms with van der Waals surface area (Å²) in [7, 11) is -3.36. The third-order valence-corrected chi connectivity index (χ3v) is 4.54. The van der Waals surface area contributed by atoms with Crippen molar-refractivity contribution < 1.29 is 22.7 Å². The molecule has 0 unspecified atom stereocenters. The quantitative estimate of drug-likeness (QED) is 0.536. The van der Waals surface area contributed by atoms with Crippen molar-refractivity contribution in [3.8, 4) is 11.5 Å². The van der Waals surface area contributed by atoms with Crippen LogP contribution in [0.15, 0.2) is 72.8 Å². The van der Waals surface area contributed by atoms with E-state index in [0.29, 0.717) is 34.0 Å². The molecule has 4 N–H and O–H groups in total. The minimum absolute atomic E-state index is 0.323. The number of carbonyl (C=O) groups is 2. The molecule has 0 bridgehead atoms. The predicted molar refractivity (Wildman–Crippen MR) is 114 cm³/mol. The summed E-state index contributed by atoms with van der Waals surface area (Å²) in [5, 5.41) is 2.73. The number of rotatable bonds is 7. The molecule has 0 radical (unpaired) electrons. The van der Waals surface area contributed by atoms with Gasteiger partial charge in [-0.2, -0.15) is 0 Å². The Morgan fingerprint density at radius 2 is 1.23 bits per heavy atom. The van der Waals surface area contributed by atoms with E-state index in [0.717, 1.165) is 6.26 Å². The van der Waals surface area contributed by atoms with Crippen molar-refractivity contribution in [3.63, 3.8) is 0 Å². The second-order valence-corrected chi connectivity index (χ2v) is 8.17. The predicted octanol–water partition coefficient (Wildman–Crippen LogP) is 3.20. The number of benzene rings is 3. The minimum atomic E-state index is -3.36. The van der Waals surface area contributed by atoms with Crippen molar-refractivity contribution in [2.24, 2.45) is 5.73 Å². The van der Waals surface area contributed by atoms with Gasteiger partial charge in [-0.25, -0.2) is 8.42 Å². The molecule has 0 fully saturated rings. The first-order valence-corrected chi connectivity index (χ1v) is 10.7. The zero-order valence-corrected chi connectivity index (χ0v) is 16.8. The number of hydrogen-bond acceptors (Lipinski definition) is 5. The van der Waals surface area contributed by atoms with E-state index in [4.69, 9.17) is 10.5 Å². The summed E-state index contributed by atoms with van der Waals surface area (Å²) in [6.07, 6.45) is 1.06. The second kappa shape index (κ2) is 8.66. The first kappa shape index (κ1) is 20.9. The van der Waals surface area contributed by atoms with Crippen LogP contribution in [0.25, 0.3) is 0 Å². The monoisotopic (exact) mass is 425 g/mol. The van der Waals surface area contributed by atoms with Crippen molar-refractivity contribution in [1.82, 2.24) is 0 Å². The Hall–Kier alpha value is -3.85. The number of anilines is 2. The van der Waals surface area contributed by atoms with E-state index in [1.54, 1.807) is 72.8 Å². The van der Waals surface area contributed by atoms with Gasteiger partial charge in [-0.1, -0.05) is 0 Å². The molecule has 3 rings (SSSR count). The van der Waals surface area contributed by atoms with Gasteiger partial charge in [0.1, 0.15) is 11.5 Å². The number of nitrogens with one attached hydrogen (secondary N) is 2. The van der Waals surface area contributed by atoms with Gasteiger partial charge in [0.15, 0.2) is 0 Å². The molecule has 2 amide bonds. The van der Waals surface area contributed by atoms with Crippen LogP contribution < -0.4 is 20.5 Å². The Morgan fingerprint density at radius 3 is 1.70 bits per heavy atom. The molecule has 0 atom stereocenters. The van der Waals surface area contributed by atoms with E-state index in [-0.39, 0.29) is 5.91 Å². The topological polar surface area (TPSA) is 128 Å². The number of nitrogens with two attached hydrogens (primary N) is 1. The molecule has 8 nitrogen and oxygen atoms in total. The number of hydrogen-bond donors (Lipinski definition) is 3. The molecule has 0 aromatic heterocycles. The highest BCUT2D eigenvalue weighted by molar-refractivity contribution is 7.92. The van der Waals surface area contributed by atoms with Gasteiger partial charge in [0.2, 0.25) is 15.9 Å². The Bertz CT molecular complexity index is 1160. The first-order valence-electron chi connectivity index (χ1n) is 8.76. The Kier molecular flexibility index (Phi) is 6.03. The molecule has 0 spiro atoms. The van der Waals surface area contributed by atoms with E-state index in [2.05, 4.69) is 10.0 Å². The van der Waals surface area contributed by atoms with Gasteiger partial charge in [-0.15, -0.1) is 0 Å². The number of primary amides is 1. The lowest BCUT2D eigenvalue weighted by molar-refractivity contribution is 0.0997. The minimum Gasteiger partial charge on any atom is -0.457 e. The normalized spacial score (nSPS) is 10.8. The lowest BCUT2D eigenvalue weighted by Crippen LogP contribution is -2.12. The maximum Gasteiger partial charge on any atom is 0.255 e. The Balaban J connectivity index is 1.61. The van der Waals surface area contributed by atoms with Crippen molar-refractivity contribution >= 4 is 33.2 Å². The zero-order chi connectivity index (χ0) is 21.7. The van der Waals surface area contributed by atoms with Crippen LogP contribution in [0.2, 0.25) is 0 Å². The van der Waals surface area contributed by atoms with Gasteiger partial charge < -0.3 is 15.8 Å². The standard InChI is InChI=1S/C21H19N3O5S/c1-30(27,28)24-17-8-6-16(7-9-17)23-21(26)15-4-12-19(13-5-15)29-18-10-2-14(3-11-18)20(22)25/h2-13,24H,1H3,(H2,22,25)(H,23,26). The highest BCUT2D eigenvalue weighted by Gasteiger charge is 2.08. The summed E-state index contributed by atoms with van der Waals surface area (Å²) in [5.74, 6) is 0.212. The largest absolute Gasteiger partial charge is 0.457 e. The number of carbonyl (C=O) groups excluding carboxylic acids is 2. The fourth-order valence-corrected chi connectivity index (χ4v) is 3.10. The van der Waals surface area contributed by atoms with E-state index in [1.165, 1.54) is 0 Å². The molecule has 0 heterocycles. The van der Waals surface area contributed by atoms with E-state index in [1.807, 2.05) is 0 Å². The van der Waals surface area contributed by atoms with Gasteiger partial charge in [-0.05, 0) is 72.8 Å². The Labute approximate surface area is 173 Å². The molecule has 0 aliphatic heterocycles. The molecular weight excluding hydrogens is 406 g/mol. The van der Waals surface area contributed by atoms with E-state index >= 15 is 0 Å². The molecular formula is C21H19N3O5S. The van der Waals surface area contributed by atoms with Crippen molar-refractivity contribution in [3.05, 3.63) is 83.9 Å². The number of sulfonamides is 1. The van der Waals surface area contributed by atoms with Gasteiger partial charge >= 0.3 is 0 Å². The van der Waals surface area contributed by atoms with Gasteiger partial charge in [0.05, 0.1) is 6.26 Å². The molecule has 3 aromatic carbocycles. The van der Waals surface area contributed by atoms with Gasteiger partial charge in [0.25, 0.3) is 5.91 Å². The summed E-state index contributed by atoms with van der Waals surface area (Å²) in [6.45, 7) is 0. The van der Waals surface area contributed by atoms with Gasteiger partial charge in [0, 0.05) is 22.5 Å². The van der Waals surface area contributed by atoms with E-state index in [9.17, 15) is 18.0 Å². The lowest BCUT2D eigenvalue weighted by Gasteiger charge is -2.09. The van der Waals surface area contributed by atoms with Crippen molar-refractivity contribution in [1.29, 1.82) is 0 Å². The van der Waals surface area contributed by atoms with Crippen LogP contribution in [0.3, 0.4) is 0 Å².